The van der Waals surface area contributed by atoms with E-state index in [0.717, 1.165) is 29.8 Å². The second-order valence-electron chi connectivity index (χ2n) is 4.37. The summed E-state index contributed by atoms with van der Waals surface area (Å²) in [7, 11) is 0. The fraction of sp³-hybridized carbons (Fsp3) is 0.429. The first-order valence-electron chi connectivity index (χ1n) is 6.64. The van der Waals surface area contributed by atoms with Crippen LogP contribution in [0.5, 0.6) is 5.75 Å². The van der Waals surface area contributed by atoms with E-state index in [-0.39, 0.29) is 0 Å². The van der Waals surface area contributed by atoms with Crippen LogP contribution in [0.15, 0.2) is 24.3 Å². The molecule has 1 heterocycles. The lowest BCUT2D eigenvalue weighted by Gasteiger charge is -2.11. The average Bonchev–Trinajstić information content (AvgIpc) is 2.75. The molecule has 0 aliphatic heterocycles. The first-order valence-corrected chi connectivity index (χ1v) is 6.64. The molecular weight excluding hydrogens is 240 g/mol. The van der Waals surface area contributed by atoms with Gasteiger partial charge in [-0.05, 0) is 19.4 Å². The molecule has 0 atom stereocenters. The molecule has 0 spiro atoms. The van der Waals surface area contributed by atoms with Crippen molar-refractivity contribution in [3.05, 3.63) is 35.5 Å². The Labute approximate surface area is 113 Å². The summed E-state index contributed by atoms with van der Waals surface area (Å²) >= 11 is 0. The Kier molecular flexibility index (Phi) is 4.39. The Morgan fingerprint density at radius 2 is 2.05 bits per heavy atom. The van der Waals surface area contributed by atoms with Crippen LogP contribution in [0.3, 0.4) is 0 Å². The van der Waals surface area contributed by atoms with E-state index in [9.17, 15) is 0 Å². The van der Waals surface area contributed by atoms with Crippen molar-refractivity contribution in [2.75, 3.05) is 12.3 Å². The fourth-order valence-electron chi connectivity index (χ4n) is 2.06. The molecule has 19 heavy (non-hydrogen) atoms. The zero-order valence-corrected chi connectivity index (χ0v) is 11.5. The maximum atomic E-state index is 5.85. The van der Waals surface area contributed by atoms with E-state index in [1.807, 2.05) is 35.9 Å². The highest BCUT2D eigenvalue weighted by molar-refractivity contribution is 5.36. The SMILES string of the molecule is CCCc1c(N)nnn1Cc1ccccc1OCC. The van der Waals surface area contributed by atoms with Gasteiger partial charge in [-0.25, -0.2) is 4.68 Å². The zero-order chi connectivity index (χ0) is 13.7. The molecule has 0 saturated carbocycles. The molecule has 2 N–H and O–H groups in total. The molecule has 0 fully saturated rings. The van der Waals surface area contributed by atoms with Crippen LogP contribution in [0.4, 0.5) is 5.82 Å². The van der Waals surface area contributed by atoms with Crippen molar-refractivity contribution in [1.29, 1.82) is 0 Å². The maximum Gasteiger partial charge on any atom is 0.169 e. The van der Waals surface area contributed by atoms with Crippen LogP contribution >= 0.6 is 0 Å². The van der Waals surface area contributed by atoms with Crippen molar-refractivity contribution in [2.24, 2.45) is 0 Å². The number of ether oxygens (including phenoxy) is 1. The van der Waals surface area contributed by atoms with Gasteiger partial charge in [0.05, 0.1) is 18.8 Å². The summed E-state index contributed by atoms with van der Waals surface area (Å²) < 4.78 is 7.48. The quantitative estimate of drug-likeness (QED) is 0.865. The Morgan fingerprint density at radius 1 is 1.26 bits per heavy atom. The fourth-order valence-corrected chi connectivity index (χ4v) is 2.06. The summed E-state index contributed by atoms with van der Waals surface area (Å²) in [5.41, 5.74) is 7.94. The van der Waals surface area contributed by atoms with E-state index in [0.29, 0.717) is 19.0 Å². The molecule has 102 valence electrons. The third-order valence-corrected chi connectivity index (χ3v) is 2.95. The molecule has 1 aromatic heterocycles. The molecule has 0 unspecified atom stereocenters. The highest BCUT2D eigenvalue weighted by Crippen LogP contribution is 2.20. The van der Waals surface area contributed by atoms with Crippen LogP contribution in [0.25, 0.3) is 0 Å². The van der Waals surface area contributed by atoms with E-state index in [2.05, 4.69) is 17.2 Å². The van der Waals surface area contributed by atoms with Crippen LogP contribution in [0, 0.1) is 0 Å². The van der Waals surface area contributed by atoms with Crippen molar-refractivity contribution in [1.82, 2.24) is 15.0 Å². The van der Waals surface area contributed by atoms with Crippen LogP contribution in [-0.4, -0.2) is 21.6 Å². The summed E-state index contributed by atoms with van der Waals surface area (Å²) in [6.07, 6.45) is 1.90. The lowest BCUT2D eigenvalue weighted by atomic mass is 10.2. The monoisotopic (exact) mass is 260 g/mol. The zero-order valence-electron chi connectivity index (χ0n) is 11.5. The number of nitrogens with zero attached hydrogens (tertiary/aromatic N) is 3. The van der Waals surface area contributed by atoms with Gasteiger partial charge >= 0.3 is 0 Å². The number of nitrogens with two attached hydrogens (primary N) is 1. The number of anilines is 1. The Bertz CT molecular complexity index is 536. The number of benzene rings is 1. The maximum absolute atomic E-state index is 5.85. The van der Waals surface area contributed by atoms with Gasteiger partial charge in [-0.15, -0.1) is 5.10 Å². The number of hydrogen-bond acceptors (Lipinski definition) is 4. The van der Waals surface area contributed by atoms with Crippen LogP contribution in [0.1, 0.15) is 31.5 Å². The van der Waals surface area contributed by atoms with Crippen LogP contribution in [0.2, 0.25) is 0 Å². The van der Waals surface area contributed by atoms with Crippen molar-refractivity contribution in [3.8, 4) is 5.75 Å². The Balaban J connectivity index is 2.26. The molecule has 0 saturated heterocycles. The van der Waals surface area contributed by atoms with Gasteiger partial charge in [-0.3, -0.25) is 0 Å². The van der Waals surface area contributed by atoms with Gasteiger partial charge < -0.3 is 10.5 Å². The summed E-state index contributed by atoms with van der Waals surface area (Å²) in [4.78, 5) is 0. The lowest BCUT2D eigenvalue weighted by Crippen LogP contribution is -2.09. The largest absolute Gasteiger partial charge is 0.494 e. The highest BCUT2D eigenvalue weighted by Gasteiger charge is 2.11. The molecule has 5 nitrogen and oxygen atoms in total. The van der Waals surface area contributed by atoms with Gasteiger partial charge in [-0.2, -0.15) is 0 Å². The topological polar surface area (TPSA) is 66.0 Å². The molecule has 1 aromatic carbocycles. The molecule has 0 radical (unpaired) electrons. The van der Waals surface area contributed by atoms with Gasteiger partial charge in [0.15, 0.2) is 5.82 Å². The minimum atomic E-state index is 0.524. The molecule has 0 aliphatic carbocycles. The van der Waals surface area contributed by atoms with E-state index >= 15 is 0 Å². The molecule has 0 bridgehead atoms. The smallest absolute Gasteiger partial charge is 0.169 e. The lowest BCUT2D eigenvalue weighted by molar-refractivity contribution is 0.335. The van der Waals surface area contributed by atoms with Gasteiger partial charge in [0.2, 0.25) is 0 Å². The van der Waals surface area contributed by atoms with E-state index in [1.165, 1.54) is 0 Å². The minimum Gasteiger partial charge on any atom is -0.494 e. The first kappa shape index (κ1) is 13.4. The van der Waals surface area contributed by atoms with Gasteiger partial charge in [0.1, 0.15) is 5.75 Å². The second-order valence-corrected chi connectivity index (χ2v) is 4.37. The van der Waals surface area contributed by atoms with E-state index in [1.54, 1.807) is 0 Å². The average molecular weight is 260 g/mol. The normalized spacial score (nSPS) is 10.6. The van der Waals surface area contributed by atoms with Crippen LogP contribution < -0.4 is 10.5 Å². The highest BCUT2D eigenvalue weighted by atomic mass is 16.5. The molecule has 0 aliphatic rings. The first-order chi connectivity index (χ1) is 9.26. The van der Waals surface area contributed by atoms with Gasteiger partial charge in [-0.1, -0.05) is 36.8 Å². The number of aromatic nitrogens is 3. The predicted molar refractivity (Wildman–Crippen MR) is 75.1 cm³/mol. The molecule has 0 amide bonds. The minimum absolute atomic E-state index is 0.524. The molecule has 2 rings (SSSR count). The second kappa shape index (κ2) is 6.22. The van der Waals surface area contributed by atoms with E-state index in [4.69, 9.17) is 10.5 Å². The number of para-hydroxylation sites is 1. The van der Waals surface area contributed by atoms with Crippen molar-refractivity contribution in [2.45, 2.75) is 33.2 Å². The van der Waals surface area contributed by atoms with Crippen molar-refractivity contribution in [3.63, 3.8) is 0 Å². The molecule has 2 aromatic rings. The Morgan fingerprint density at radius 3 is 2.79 bits per heavy atom. The third-order valence-electron chi connectivity index (χ3n) is 2.95. The predicted octanol–water partition coefficient (Wildman–Crippen LogP) is 2.26. The summed E-state index contributed by atoms with van der Waals surface area (Å²) in [6, 6.07) is 7.98. The third kappa shape index (κ3) is 3.05. The Hall–Kier alpha value is -2.04. The number of hydrogen-bond donors (Lipinski definition) is 1. The summed E-state index contributed by atoms with van der Waals surface area (Å²) in [6.45, 7) is 5.38. The van der Waals surface area contributed by atoms with Gasteiger partial charge in [0.25, 0.3) is 0 Å². The van der Waals surface area contributed by atoms with Crippen molar-refractivity contribution >= 4 is 5.82 Å². The van der Waals surface area contributed by atoms with E-state index < -0.39 is 0 Å². The molecular formula is C14H20N4O. The van der Waals surface area contributed by atoms with Gasteiger partial charge in [0, 0.05) is 5.56 Å². The molecule has 5 heteroatoms. The standard InChI is InChI=1S/C14H20N4O/c1-3-7-12-14(15)16-17-18(12)10-11-8-5-6-9-13(11)19-4-2/h5-6,8-9H,3-4,7,10,15H2,1-2H3. The number of rotatable bonds is 6. The summed E-state index contributed by atoms with van der Waals surface area (Å²) in [5.74, 6) is 1.41. The van der Waals surface area contributed by atoms with Crippen molar-refractivity contribution < 1.29 is 4.74 Å². The number of nitrogen functional groups attached to an aromatic ring is 1. The summed E-state index contributed by atoms with van der Waals surface area (Å²) in [5, 5.41) is 8.07. The van der Waals surface area contributed by atoms with Crippen LogP contribution in [-0.2, 0) is 13.0 Å².